The maximum Gasteiger partial charge on any atom is 0.264 e. The monoisotopic (exact) mass is 263 g/mol. The summed E-state index contributed by atoms with van der Waals surface area (Å²) in [5.74, 6) is 0.710. The molecule has 5 heteroatoms. The van der Waals surface area contributed by atoms with Gasteiger partial charge in [0.05, 0.1) is 5.69 Å². The first-order chi connectivity index (χ1) is 9.13. The van der Waals surface area contributed by atoms with Crippen molar-refractivity contribution in [2.45, 2.75) is 18.9 Å². The standard InChI is InChI=1S/C14H21N3O2/c1-16-7-3-4-11(15)10-5-6-13-12(8-10)17(2)14(18)9-19-13/h5-6,8,11,16H,3-4,7,9,15H2,1-2H3. The molecule has 0 fully saturated rings. The third kappa shape index (κ3) is 3.05. The Bertz CT molecular complexity index is 462. The predicted octanol–water partition coefficient (Wildman–Crippen LogP) is 1.04. The molecule has 0 radical (unpaired) electrons. The summed E-state index contributed by atoms with van der Waals surface area (Å²) in [5, 5.41) is 3.11. The maximum atomic E-state index is 11.6. The van der Waals surface area contributed by atoms with Crippen molar-refractivity contribution in [1.29, 1.82) is 0 Å². The molecule has 1 unspecified atom stereocenters. The van der Waals surface area contributed by atoms with E-state index >= 15 is 0 Å². The van der Waals surface area contributed by atoms with Gasteiger partial charge in [0, 0.05) is 13.1 Å². The van der Waals surface area contributed by atoms with Gasteiger partial charge in [0.15, 0.2) is 6.61 Å². The minimum Gasteiger partial charge on any atom is -0.482 e. The van der Waals surface area contributed by atoms with Crippen molar-refractivity contribution in [3.05, 3.63) is 23.8 Å². The van der Waals surface area contributed by atoms with Gasteiger partial charge in [0.2, 0.25) is 0 Å². The third-order valence-corrected chi connectivity index (χ3v) is 3.44. The number of amides is 1. The fourth-order valence-electron chi connectivity index (χ4n) is 2.19. The van der Waals surface area contributed by atoms with Crippen LogP contribution in [-0.2, 0) is 4.79 Å². The van der Waals surface area contributed by atoms with E-state index in [0.29, 0.717) is 0 Å². The number of likely N-dealkylation sites (N-methyl/N-ethyl adjacent to an activating group) is 1. The topological polar surface area (TPSA) is 67.6 Å². The fraction of sp³-hybridized carbons (Fsp3) is 0.500. The molecule has 0 aliphatic carbocycles. The van der Waals surface area contributed by atoms with Gasteiger partial charge < -0.3 is 20.7 Å². The first-order valence-corrected chi connectivity index (χ1v) is 6.57. The molecule has 1 heterocycles. The highest BCUT2D eigenvalue weighted by molar-refractivity contribution is 5.97. The number of carbonyl (C=O) groups is 1. The Kier molecular flexibility index (Phi) is 4.39. The minimum absolute atomic E-state index is 0.0101. The van der Waals surface area contributed by atoms with E-state index in [1.807, 2.05) is 25.2 Å². The van der Waals surface area contributed by atoms with E-state index < -0.39 is 0 Å². The van der Waals surface area contributed by atoms with Gasteiger partial charge in [-0.1, -0.05) is 6.07 Å². The molecule has 1 aliphatic heterocycles. The van der Waals surface area contributed by atoms with Gasteiger partial charge >= 0.3 is 0 Å². The van der Waals surface area contributed by atoms with Gasteiger partial charge in [-0.05, 0) is 44.1 Å². The minimum atomic E-state index is -0.0339. The lowest BCUT2D eigenvalue weighted by atomic mass is 10.0. The number of fused-ring (bicyclic) bond motifs is 1. The van der Waals surface area contributed by atoms with Crippen molar-refractivity contribution in [2.24, 2.45) is 5.73 Å². The molecule has 1 aromatic rings. The number of nitrogens with two attached hydrogens (primary N) is 1. The number of benzene rings is 1. The lowest BCUT2D eigenvalue weighted by molar-refractivity contribution is -0.120. The number of carbonyl (C=O) groups excluding carboxylic acids is 1. The molecule has 1 atom stereocenters. The quantitative estimate of drug-likeness (QED) is 0.779. The zero-order chi connectivity index (χ0) is 13.8. The van der Waals surface area contributed by atoms with Crippen LogP contribution >= 0.6 is 0 Å². The Morgan fingerprint density at radius 3 is 3.05 bits per heavy atom. The zero-order valence-electron chi connectivity index (χ0n) is 11.5. The van der Waals surface area contributed by atoms with Crippen LogP contribution in [0.15, 0.2) is 18.2 Å². The van der Waals surface area contributed by atoms with Crippen molar-refractivity contribution < 1.29 is 9.53 Å². The Balaban J connectivity index is 2.13. The van der Waals surface area contributed by atoms with Crippen LogP contribution in [0.1, 0.15) is 24.4 Å². The molecule has 5 nitrogen and oxygen atoms in total. The molecule has 0 saturated heterocycles. The lowest BCUT2D eigenvalue weighted by Crippen LogP contribution is -2.35. The average molecular weight is 263 g/mol. The normalized spacial score (nSPS) is 15.9. The molecule has 0 spiro atoms. The number of hydrogen-bond acceptors (Lipinski definition) is 4. The van der Waals surface area contributed by atoms with Crippen molar-refractivity contribution in [2.75, 3.05) is 32.1 Å². The summed E-state index contributed by atoms with van der Waals surface area (Å²) in [7, 11) is 3.70. The van der Waals surface area contributed by atoms with E-state index in [-0.39, 0.29) is 18.6 Å². The van der Waals surface area contributed by atoms with Crippen molar-refractivity contribution in [3.63, 3.8) is 0 Å². The third-order valence-electron chi connectivity index (χ3n) is 3.44. The predicted molar refractivity (Wildman–Crippen MR) is 75.4 cm³/mol. The maximum absolute atomic E-state index is 11.6. The molecule has 1 amide bonds. The molecular weight excluding hydrogens is 242 g/mol. The average Bonchev–Trinajstić information content (AvgIpc) is 2.43. The summed E-state index contributed by atoms with van der Waals surface area (Å²) in [5.41, 5.74) is 8.02. The molecular formula is C14H21N3O2. The van der Waals surface area contributed by atoms with E-state index in [1.165, 1.54) is 0 Å². The van der Waals surface area contributed by atoms with Crippen LogP contribution < -0.4 is 20.7 Å². The molecule has 1 aromatic carbocycles. The van der Waals surface area contributed by atoms with Crippen molar-refractivity contribution >= 4 is 11.6 Å². The summed E-state index contributed by atoms with van der Waals surface area (Å²) in [4.78, 5) is 13.2. The highest BCUT2D eigenvalue weighted by Gasteiger charge is 2.23. The molecule has 2 rings (SSSR count). The van der Waals surface area contributed by atoms with Gasteiger partial charge in [-0.15, -0.1) is 0 Å². The Hall–Kier alpha value is -1.59. The summed E-state index contributed by atoms with van der Waals surface area (Å²) in [6.45, 7) is 1.07. The van der Waals surface area contributed by atoms with Crippen LogP contribution in [0.5, 0.6) is 5.75 Å². The van der Waals surface area contributed by atoms with E-state index in [0.717, 1.165) is 36.4 Å². The van der Waals surface area contributed by atoms with Gasteiger partial charge in [-0.25, -0.2) is 0 Å². The van der Waals surface area contributed by atoms with Crippen LogP contribution in [0.25, 0.3) is 0 Å². The Morgan fingerprint density at radius 1 is 1.53 bits per heavy atom. The van der Waals surface area contributed by atoms with Crippen molar-refractivity contribution in [1.82, 2.24) is 5.32 Å². The first-order valence-electron chi connectivity index (χ1n) is 6.57. The van der Waals surface area contributed by atoms with Gasteiger partial charge in [0.1, 0.15) is 5.75 Å². The largest absolute Gasteiger partial charge is 0.482 e. The van der Waals surface area contributed by atoms with E-state index in [4.69, 9.17) is 10.5 Å². The Labute approximate surface area is 113 Å². The van der Waals surface area contributed by atoms with Crippen LogP contribution in [0, 0.1) is 0 Å². The summed E-state index contributed by atoms with van der Waals surface area (Å²) in [6.07, 6.45) is 1.94. The highest BCUT2D eigenvalue weighted by Crippen LogP contribution is 2.33. The van der Waals surface area contributed by atoms with E-state index in [9.17, 15) is 4.79 Å². The number of rotatable bonds is 5. The van der Waals surface area contributed by atoms with E-state index in [1.54, 1.807) is 11.9 Å². The first kappa shape index (κ1) is 13.8. The number of hydrogen-bond donors (Lipinski definition) is 2. The smallest absolute Gasteiger partial charge is 0.264 e. The van der Waals surface area contributed by atoms with Crippen LogP contribution in [0.4, 0.5) is 5.69 Å². The molecule has 19 heavy (non-hydrogen) atoms. The van der Waals surface area contributed by atoms with Crippen LogP contribution in [-0.4, -0.2) is 33.2 Å². The number of ether oxygens (including phenoxy) is 1. The number of anilines is 1. The SMILES string of the molecule is CNCCCC(N)c1ccc2c(c1)N(C)C(=O)CO2. The second-order valence-electron chi connectivity index (χ2n) is 4.82. The Morgan fingerprint density at radius 2 is 2.32 bits per heavy atom. The number of nitrogens with one attached hydrogen (secondary N) is 1. The van der Waals surface area contributed by atoms with Crippen molar-refractivity contribution in [3.8, 4) is 5.75 Å². The molecule has 104 valence electrons. The van der Waals surface area contributed by atoms with Crippen LogP contribution in [0.2, 0.25) is 0 Å². The van der Waals surface area contributed by atoms with E-state index in [2.05, 4.69) is 5.32 Å². The summed E-state index contributed by atoms with van der Waals surface area (Å²) in [6, 6.07) is 5.82. The second-order valence-corrected chi connectivity index (χ2v) is 4.82. The fourth-order valence-corrected chi connectivity index (χ4v) is 2.19. The molecule has 3 N–H and O–H groups in total. The lowest BCUT2D eigenvalue weighted by Gasteiger charge is -2.27. The summed E-state index contributed by atoms with van der Waals surface area (Å²) >= 11 is 0. The summed E-state index contributed by atoms with van der Waals surface area (Å²) < 4.78 is 5.40. The van der Waals surface area contributed by atoms with Gasteiger partial charge in [-0.3, -0.25) is 4.79 Å². The second kappa shape index (κ2) is 6.04. The zero-order valence-corrected chi connectivity index (χ0v) is 11.5. The highest BCUT2D eigenvalue weighted by atomic mass is 16.5. The number of nitrogens with zero attached hydrogens (tertiary/aromatic N) is 1. The van der Waals surface area contributed by atoms with Gasteiger partial charge in [0.25, 0.3) is 5.91 Å². The molecule has 1 aliphatic rings. The van der Waals surface area contributed by atoms with Gasteiger partial charge in [-0.2, -0.15) is 0 Å². The molecule has 0 saturated carbocycles. The molecule has 0 bridgehead atoms. The van der Waals surface area contributed by atoms with Crippen LogP contribution in [0.3, 0.4) is 0 Å². The molecule has 0 aromatic heterocycles.